The maximum atomic E-state index is 12.2. The number of nitrogens with one attached hydrogen (secondary N) is 1. The van der Waals surface area contributed by atoms with Gasteiger partial charge in [-0.1, -0.05) is 0 Å². The van der Waals surface area contributed by atoms with Crippen LogP contribution in [0.2, 0.25) is 0 Å². The molecule has 0 aliphatic heterocycles. The second-order valence-electron chi connectivity index (χ2n) is 5.49. The number of nitrogens with zero attached hydrogens (tertiary/aromatic N) is 1. The van der Waals surface area contributed by atoms with Gasteiger partial charge in [-0.25, -0.2) is 0 Å². The summed E-state index contributed by atoms with van der Waals surface area (Å²) in [6.07, 6.45) is 3.80. The molecule has 0 bridgehead atoms. The summed E-state index contributed by atoms with van der Waals surface area (Å²) in [5, 5.41) is 2.71. The molecule has 1 aliphatic rings. The number of carbonyl (C=O) groups is 2. The Bertz CT molecular complexity index is 315. The summed E-state index contributed by atoms with van der Waals surface area (Å²) in [6, 6.07) is 0. The molecule has 0 heterocycles. The van der Waals surface area contributed by atoms with Gasteiger partial charge in [0.25, 0.3) is 0 Å². The molecule has 1 aliphatic carbocycles. The quantitative estimate of drug-likeness (QED) is 0.643. The van der Waals surface area contributed by atoms with Crippen LogP contribution in [-0.2, 0) is 14.3 Å². The zero-order valence-corrected chi connectivity index (χ0v) is 12.6. The summed E-state index contributed by atoms with van der Waals surface area (Å²) in [5.74, 6) is 0.534. The first-order valence-electron chi connectivity index (χ1n) is 7.29. The van der Waals surface area contributed by atoms with Crippen LogP contribution in [0.5, 0.6) is 0 Å². The van der Waals surface area contributed by atoms with Gasteiger partial charge in [0.1, 0.15) is 0 Å². The van der Waals surface area contributed by atoms with Crippen molar-refractivity contribution in [3.8, 4) is 0 Å². The molecule has 0 saturated heterocycles. The fourth-order valence-electron chi connectivity index (χ4n) is 2.60. The van der Waals surface area contributed by atoms with E-state index in [1.165, 1.54) is 4.90 Å². The van der Waals surface area contributed by atoms with Crippen LogP contribution in [0.1, 0.15) is 25.7 Å². The summed E-state index contributed by atoms with van der Waals surface area (Å²) in [5.41, 5.74) is 5.65. The van der Waals surface area contributed by atoms with Gasteiger partial charge in [-0.2, -0.15) is 0 Å². The molecule has 6 nitrogen and oxygen atoms in total. The number of likely N-dealkylation sites (N-methyl/N-ethyl adjacent to an activating group) is 1. The number of hydrogen-bond acceptors (Lipinski definition) is 4. The molecule has 1 fully saturated rings. The highest BCUT2D eigenvalue weighted by Gasteiger charge is 2.28. The first-order chi connectivity index (χ1) is 9.58. The summed E-state index contributed by atoms with van der Waals surface area (Å²) < 4.78 is 4.86. The fourth-order valence-corrected chi connectivity index (χ4v) is 2.60. The SMILES string of the molecule is COCCNC(=O)CN(C)C(=O)C1CCC(CN)CC1. The summed E-state index contributed by atoms with van der Waals surface area (Å²) in [4.78, 5) is 25.4. The lowest BCUT2D eigenvalue weighted by atomic mass is 9.81. The normalized spacial score (nSPS) is 22.4. The third-order valence-electron chi connectivity index (χ3n) is 3.91. The number of amides is 2. The number of hydrogen-bond donors (Lipinski definition) is 2. The van der Waals surface area contributed by atoms with Crippen LogP contribution in [0, 0.1) is 11.8 Å². The van der Waals surface area contributed by atoms with Gasteiger partial charge in [0.2, 0.25) is 11.8 Å². The number of methoxy groups -OCH3 is 1. The number of ether oxygens (including phenoxy) is 1. The molecule has 116 valence electrons. The van der Waals surface area contributed by atoms with Crippen LogP contribution in [0.3, 0.4) is 0 Å². The fraction of sp³-hybridized carbons (Fsp3) is 0.857. The lowest BCUT2D eigenvalue weighted by molar-refractivity contribution is -0.139. The van der Waals surface area contributed by atoms with Crippen LogP contribution in [0.4, 0.5) is 0 Å². The van der Waals surface area contributed by atoms with Crippen LogP contribution >= 0.6 is 0 Å². The average molecular weight is 285 g/mol. The molecular weight excluding hydrogens is 258 g/mol. The zero-order chi connectivity index (χ0) is 15.0. The molecule has 0 aromatic heterocycles. The van der Waals surface area contributed by atoms with Gasteiger partial charge in [0, 0.05) is 26.6 Å². The van der Waals surface area contributed by atoms with E-state index in [0.717, 1.165) is 25.7 Å². The van der Waals surface area contributed by atoms with Crippen molar-refractivity contribution in [3.05, 3.63) is 0 Å². The molecule has 2 amide bonds. The van der Waals surface area contributed by atoms with Gasteiger partial charge in [0.15, 0.2) is 0 Å². The van der Waals surface area contributed by atoms with Crippen LogP contribution in [0.25, 0.3) is 0 Å². The maximum absolute atomic E-state index is 12.2. The largest absolute Gasteiger partial charge is 0.383 e. The minimum absolute atomic E-state index is 0.0505. The first-order valence-corrected chi connectivity index (χ1v) is 7.29. The molecule has 0 aromatic rings. The Labute approximate surface area is 121 Å². The van der Waals surface area contributed by atoms with E-state index in [-0.39, 0.29) is 24.3 Å². The van der Waals surface area contributed by atoms with Crippen molar-refractivity contribution in [2.24, 2.45) is 17.6 Å². The van der Waals surface area contributed by atoms with E-state index in [1.807, 2.05) is 0 Å². The van der Waals surface area contributed by atoms with E-state index < -0.39 is 0 Å². The van der Waals surface area contributed by atoms with Crippen molar-refractivity contribution >= 4 is 11.8 Å². The molecule has 3 N–H and O–H groups in total. The van der Waals surface area contributed by atoms with Crippen molar-refractivity contribution in [2.45, 2.75) is 25.7 Å². The topological polar surface area (TPSA) is 84.7 Å². The first kappa shape index (κ1) is 16.9. The van der Waals surface area contributed by atoms with Gasteiger partial charge in [-0.15, -0.1) is 0 Å². The van der Waals surface area contributed by atoms with E-state index in [9.17, 15) is 9.59 Å². The molecule has 6 heteroatoms. The Kier molecular flexibility index (Phi) is 7.54. The molecule has 0 radical (unpaired) electrons. The Morgan fingerprint density at radius 3 is 2.50 bits per heavy atom. The van der Waals surface area contributed by atoms with Gasteiger partial charge < -0.3 is 20.7 Å². The molecule has 20 heavy (non-hydrogen) atoms. The van der Waals surface area contributed by atoms with Crippen molar-refractivity contribution in [2.75, 3.05) is 40.4 Å². The molecule has 0 spiro atoms. The molecule has 1 saturated carbocycles. The van der Waals surface area contributed by atoms with Crippen molar-refractivity contribution in [1.82, 2.24) is 10.2 Å². The third kappa shape index (κ3) is 5.46. The van der Waals surface area contributed by atoms with E-state index >= 15 is 0 Å². The van der Waals surface area contributed by atoms with Crippen LogP contribution in [-0.4, -0.2) is 57.1 Å². The highest BCUT2D eigenvalue weighted by atomic mass is 16.5. The lowest BCUT2D eigenvalue weighted by Gasteiger charge is -2.29. The Morgan fingerprint density at radius 2 is 1.95 bits per heavy atom. The second-order valence-corrected chi connectivity index (χ2v) is 5.49. The van der Waals surface area contributed by atoms with E-state index in [0.29, 0.717) is 25.6 Å². The Balaban J connectivity index is 2.30. The second kappa shape index (κ2) is 8.92. The molecular formula is C14H27N3O3. The van der Waals surface area contributed by atoms with Crippen molar-refractivity contribution < 1.29 is 14.3 Å². The molecule has 1 rings (SSSR count). The van der Waals surface area contributed by atoms with E-state index in [4.69, 9.17) is 10.5 Å². The van der Waals surface area contributed by atoms with Gasteiger partial charge in [0.05, 0.1) is 13.2 Å². The molecule has 0 atom stereocenters. The summed E-state index contributed by atoms with van der Waals surface area (Å²) in [6.45, 7) is 1.77. The summed E-state index contributed by atoms with van der Waals surface area (Å²) >= 11 is 0. The van der Waals surface area contributed by atoms with Crippen molar-refractivity contribution in [1.29, 1.82) is 0 Å². The predicted octanol–water partition coefficient (Wildman–Crippen LogP) is -0.0275. The lowest BCUT2D eigenvalue weighted by Crippen LogP contribution is -2.42. The monoisotopic (exact) mass is 285 g/mol. The highest BCUT2D eigenvalue weighted by molar-refractivity contribution is 5.85. The highest BCUT2D eigenvalue weighted by Crippen LogP contribution is 2.29. The van der Waals surface area contributed by atoms with E-state index in [2.05, 4.69) is 5.32 Å². The molecule has 0 aromatic carbocycles. The average Bonchev–Trinajstić information content (AvgIpc) is 2.46. The van der Waals surface area contributed by atoms with Gasteiger partial charge >= 0.3 is 0 Å². The number of carbonyl (C=O) groups excluding carboxylic acids is 2. The van der Waals surface area contributed by atoms with E-state index in [1.54, 1.807) is 14.2 Å². The predicted molar refractivity (Wildman–Crippen MR) is 77.0 cm³/mol. The minimum atomic E-state index is -0.145. The smallest absolute Gasteiger partial charge is 0.239 e. The zero-order valence-electron chi connectivity index (χ0n) is 12.6. The van der Waals surface area contributed by atoms with Crippen molar-refractivity contribution in [3.63, 3.8) is 0 Å². The Hall–Kier alpha value is -1.14. The number of nitrogens with two attached hydrogens (primary N) is 1. The minimum Gasteiger partial charge on any atom is -0.383 e. The molecule has 0 unspecified atom stereocenters. The maximum Gasteiger partial charge on any atom is 0.239 e. The number of rotatable bonds is 7. The van der Waals surface area contributed by atoms with Gasteiger partial charge in [-0.3, -0.25) is 9.59 Å². The standard InChI is InChI=1S/C14H27N3O3/c1-17(10-13(18)16-7-8-20-2)14(19)12-5-3-11(9-15)4-6-12/h11-12H,3-10,15H2,1-2H3,(H,16,18). The van der Waals surface area contributed by atoms with Crippen LogP contribution < -0.4 is 11.1 Å². The third-order valence-corrected chi connectivity index (χ3v) is 3.91. The van der Waals surface area contributed by atoms with Crippen LogP contribution in [0.15, 0.2) is 0 Å². The Morgan fingerprint density at radius 1 is 1.30 bits per heavy atom. The summed E-state index contributed by atoms with van der Waals surface area (Å²) in [7, 11) is 3.27. The van der Waals surface area contributed by atoms with Gasteiger partial charge in [-0.05, 0) is 38.1 Å².